The molecule has 0 spiro atoms. The third-order valence-electron chi connectivity index (χ3n) is 11.0. The van der Waals surface area contributed by atoms with Crippen LogP contribution in [0.1, 0.15) is 123 Å². The van der Waals surface area contributed by atoms with E-state index in [9.17, 15) is 54.5 Å². The van der Waals surface area contributed by atoms with Crippen molar-refractivity contribution in [3.63, 3.8) is 0 Å². The first-order chi connectivity index (χ1) is 32.9. The number of nitrogens with one attached hydrogen (secondary N) is 5. The second-order valence-electron chi connectivity index (χ2n) is 22.6. The Morgan fingerprint density at radius 1 is 0.681 bits per heavy atom. The molecule has 3 heterocycles. The normalized spacial score (nSPS) is 31.8. The molecule has 27 heteroatoms. The highest BCUT2D eigenvalue weighted by atomic mass is 16.8. The molecule has 0 aromatic rings. The molecule has 4 aliphatic rings. The summed E-state index contributed by atoms with van der Waals surface area (Å²) in [4.78, 5) is 76.9. The molecule has 1 saturated carbocycles. The smallest absolute Gasteiger partial charge is 0.408 e. The Bertz CT molecular complexity index is 1880. The zero-order chi connectivity index (χ0) is 54.5. The van der Waals surface area contributed by atoms with Gasteiger partial charge in [0.15, 0.2) is 24.5 Å². The summed E-state index contributed by atoms with van der Waals surface area (Å²) in [6.07, 6.45) is -23.2. The number of aliphatic hydroxyl groups excluding tert-OH is 4. The lowest BCUT2D eigenvalue weighted by Crippen LogP contribution is -2.72. The van der Waals surface area contributed by atoms with Crippen LogP contribution in [0.2, 0.25) is 0 Å². The SMILES string of the molecule is CC(C)(C)OC(=O)NCC[C@H](O)C(=O)N[C@@H]1C[C@H](NC(=O)OC(C)(C)C)C(O[C@@H]2OC(C(O)[N+](=O)[O-])CCC2NC(=O)OC(C)(C)C)C(O)[C@@H]1O[C@@H]1OC2COC(C)(C)O[C@@H]2[C@H](NC(=O)OC(C)(C)C)C1O. The second-order valence-corrected chi connectivity index (χ2v) is 22.6. The summed E-state index contributed by atoms with van der Waals surface area (Å²) in [5, 5.41) is 70.9. The molecule has 72 heavy (non-hydrogen) atoms. The molecular weight excluding hydrogens is 961 g/mol. The monoisotopic (exact) mass is 1040 g/mol. The summed E-state index contributed by atoms with van der Waals surface area (Å²) in [6.45, 7) is 22.3. The van der Waals surface area contributed by atoms with Crippen molar-refractivity contribution in [2.45, 2.75) is 243 Å². The van der Waals surface area contributed by atoms with Gasteiger partial charge in [-0.25, -0.2) is 19.2 Å². The summed E-state index contributed by atoms with van der Waals surface area (Å²) in [7, 11) is 0. The maximum atomic E-state index is 13.9. The van der Waals surface area contributed by atoms with E-state index in [2.05, 4.69) is 26.6 Å². The van der Waals surface area contributed by atoms with Crippen LogP contribution in [0, 0.1) is 10.1 Å². The molecule has 5 amide bonds. The van der Waals surface area contributed by atoms with Crippen molar-refractivity contribution in [2.24, 2.45) is 0 Å². The van der Waals surface area contributed by atoms with Gasteiger partial charge < -0.3 is 94.4 Å². The first-order valence-electron chi connectivity index (χ1n) is 24.0. The lowest BCUT2D eigenvalue weighted by molar-refractivity contribution is -0.587. The van der Waals surface area contributed by atoms with Crippen molar-refractivity contribution in [1.29, 1.82) is 0 Å². The van der Waals surface area contributed by atoms with E-state index in [1.54, 1.807) is 96.9 Å². The molecule has 7 unspecified atom stereocenters. The van der Waals surface area contributed by atoms with Crippen LogP contribution in [0.15, 0.2) is 0 Å². The Hall–Kier alpha value is -4.45. The third-order valence-corrected chi connectivity index (χ3v) is 11.0. The Morgan fingerprint density at radius 3 is 1.69 bits per heavy atom. The standard InChI is InChI=1S/C45H78N6O21/c1-41(2,3)69-37(57)46-18-17-24(52)33(55)47-22-19-23(49-39(59)71-43(7,8)9)31(66-35-21(48-38(58)70-42(4,5)6)15-16-25(64-35)34(56)51(61)62)29(54)30(22)67-36-28(53)27(50-40(60)72-44(10,11)12)32-26(65-36)20-63-45(13,14)68-32/h21-32,34-36,52-54,56H,15-20H2,1-14H3,(H,46,57)(H,47,55)(H,48,58)(H,49,59)(H,50,60)/t21?,22-,23+,24+,25?,26?,27-,28?,29?,30-,31?,32+,34?,35+,36+/m1/s1. The number of alkyl carbamates (subject to hydrolysis) is 4. The molecule has 1 aliphatic carbocycles. The van der Waals surface area contributed by atoms with Gasteiger partial charge in [0.05, 0.1) is 35.7 Å². The molecule has 3 aliphatic heterocycles. The van der Waals surface area contributed by atoms with Crippen LogP contribution in [0.3, 0.4) is 0 Å². The number of rotatable bonds is 14. The quantitative estimate of drug-likeness (QED) is 0.0512. The third kappa shape index (κ3) is 18.5. The summed E-state index contributed by atoms with van der Waals surface area (Å²) in [5.41, 5.74) is -3.85. The van der Waals surface area contributed by atoms with Gasteiger partial charge in [-0.15, -0.1) is 0 Å². The van der Waals surface area contributed by atoms with E-state index in [1.165, 1.54) is 0 Å². The number of nitro groups is 1. The van der Waals surface area contributed by atoms with Crippen LogP contribution in [-0.2, 0) is 52.2 Å². The van der Waals surface area contributed by atoms with Crippen LogP contribution >= 0.6 is 0 Å². The molecule has 4 fully saturated rings. The number of carbonyl (C=O) groups is 5. The highest BCUT2D eigenvalue weighted by molar-refractivity contribution is 5.81. The zero-order valence-electron chi connectivity index (χ0n) is 43.6. The van der Waals surface area contributed by atoms with Gasteiger partial charge in [-0.1, -0.05) is 0 Å². The lowest BCUT2D eigenvalue weighted by Gasteiger charge is -2.52. The van der Waals surface area contributed by atoms with Crippen molar-refractivity contribution in [3.05, 3.63) is 10.1 Å². The van der Waals surface area contributed by atoms with E-state index in [-0.39, 0.29) is 32.4 Å². The summed E-state index contributed by atoms with van der Waals surface area (Å²) >= 11 is 0. The van der Waals surface area contributed by atoms with Crippen LogP contribution in [-0.4, -0.2) is 189 Å². The summed E-state index contributed by atoms with van der Waals surface area (Å²) in [5.74, 6) is -2.25. The van der Waals surface area contributed by atoms with E-state index in [4.69, 9.17) is 47.4 Å². The number of nitrogens with zero attached hydrogens (tertiary/aromatic N) is 1. The molecule has 27 nitrogen and oxygen atoms in total. The predicted molar refractivity (Wildman–Crippen MR) is 247 cm³/mol. The average Bonchev–Trinajstić information content (AvgIpc) is 3.19. The van der Waals surface area contributed by atoms with Crippen molar-refractivity contribution in [2.75, 3.05) is 13.2 Å². The van der Waals surface area contributed by atoms with Gasteiger partial charge in [0.25, 0.3) is 0 Å². The Labute approximate surface area is 418 Å². The van der Waals surface area contributed by atoms with Gasteiger partial charge in [0.2, 0.25) is 5.91 Å². The van der Waals surface area contributed by atoms with E-state index in [1.807, 2.05) is 0 Å². The number of hydrogen-bond acceptors (Lipinski definition) is 21. The first kappa shape index (κ1) is 60.1. The Morgan fingerprint density at radius 2 is 1.17 bits per heavy atom. The Kier molecular flexibility index (Phi) is 19.9. The molecule has 0 radical (unpaired) electrons. The lowest BCUT2D eigenvalue weighted by atomic mass is 9.83. The van der Waals surface area contributed by atoms with Gasteiger partial charge in [0.1, 0.15) is 65.1 Å². The van der Waals surface area contributed by atoms with Crippen molar-refractivity contribution < 1.29 is 96.7 Å². The molecule has 3 saturated heterocycles. The molecular formula is C45H78N6O21. The molecule has 0 aromatic heterocycles. The van der Waals surface area contributed by atoms with Crippen LogP contribution < -0.4 is 26.6 Å². The largest absolute Gasteiger partial charge is 0.444 e. The number of fused-ring (bicyclic) bond motifs is 1. The van der Waals surface area contributed by atoms with Crippen LogP contribution in [0.25, 0.3) is 0 Å². The Balaban J connectivity index is 1.78. The molecule has 9 N–H and O–H groups in total. The highest BCUT2D eigenvalue weighted by Gasteiger charge is 2.56. The molecule has 4 rings (SSSR count). The van der Waals surface area contributed by atoms with Gasteiger partial charge in [0, 0.05) is 6.54 Å². The molecule has 0 aromatic carbocycles. The van der Waals surface area contributed by atoms with E-state index in [0.29, 0.717) is 0 Å². The number of ether oxygens (including phenoxy) is 10. The fourth-order valence-corrected chi connectivity index (χ4v) is 8.11. The van der Waals surface area contributed by atoms with E-state index < -0.39 is 162 Å². The minimum atomic E-state index is -2.26. The number of hydrogen-bond donors (Lipinski definition) is 9. The maximum Gasteiger partial charge on any atom is 0.408 e. The maximum absolute atomic E-state index is 13.9. The minimum absolute atomic E-state index is 0.0939. The second kappa shape index (κ2) is 23.8. The minimum Gasteiger partial charge on any atom is -0.444 e. The van der Waals surface area contributed by atoms with Crippen LogP contribution in [0.4, 0.5) is 19.2 Å². The van der Waals surface area contributed by atoms with Crippen molar-refractivity contribution >= 4 is 30.3 Å². The van der Waals surface area contributed by atoms with E-state index in [0.717, 1.165) is 0 Å². The summed E-state index contributed by atoms with van der Waals surface area (Å²) < 4.78 is 58.7. The summed E-state index contributed by atoms with van der Waals surface area (Å²) in [6, 6.07) is -5.32. The topological polar surface area (TPSA) is 362 Å². The van der Waals surface area contributed by atoms with Gasteiger partial charge in [-0.2, -0.15) is 0 Å². The highest BCUT2D eigenvalue weighted by Crippen LogP contribution is 2.37. The first-order valence-corrected chi connectivity index (χ1v) is 24.0. The zero-order valence-corrected chi connectivity index (χ0v) is 43.6. The molecule has 414 valence electrons. The van der Waals surface area contributed by atoms with Crippen LogP contribution in [0.5, 0.6) is 0 Å². The van der Waals surface area contributed by atoms with Gasteiger partial charge in [-0.3, -0.25) is 14.9 Å². The van der Waals surface area contributed by atoms with Crippen molar-refractivity contribution in [1.82, 2.24) is 26.6 Å². The average molecular weight is 1040 g/mol. The molecule has 15 atom stereocenters. The number of carbonyl (C=O) groups excluding carboxylic acids is 5. The van der Waals surface area contributed by atoms with Crippen molar-refractivity contribution in [3.8, 4) is 0 Å². The fourth-order valence-electron chi connectivity index (χ4n) is 8.11. The number of amides is 5. The van der Waals surface area contributed by atoms with Gasteiger partial charge in [-0.05, 0) is 123 Å². The number of aliphatic hydroxyl groups is 4. The fraction of sp³-hybridized carbons (Fsp3) is 0.889. The van der Waals surface area contributed by atoms with Gasteiger partial charge >= 0.3 is 30.6 Å². The van der Waals surface area contributed by atoms with E-state index >= 15 is 0 Å². The predicted octanol–water partition coefficient (Wildman–Crippen LogP) is 1.30. The molecule has 0 bridgehead atoms.